The van der Waals surface area contributed by atoms with Gasteiger partial charge in [0.15, 0.2) is 0 Å². The molecule has 0 bridgehead atoms. The number of benzene rings is 2. The highest BCUT2D eigenvalue weighted by Gasteiger charge is 2.50. The highest BCUT2D eigenvalue weighted by molar-refractivity contribution is 6.24. The number of amides is 4. The molecule has 0 unspecified atom stereocenters. The fraction of sp³-hybridized carbons (Fsp3) is 0.333. The highest BCUT2D eigenvalue weighted by atomic mass is 16.5. The number of hydrogen-bond donors (Lipinski definition) is 1. The molecule has 2 saturated heterocycles. The number of hydroxylamine groups is 2. The van der Waals surface area contributed by atoms with Crippen LogP contribution in [0.25, 0.3) is 0 Å². The molecule has 8 nitrogen and oxygen atoms in total. The maximum Gasteiger partial charge on any atom is 0.254 e. The van der Waals surface area contributed by atoms with Gasteiger partial charge in [0.1, 0.15) is 12.1 Å². The maximum absolute atomic E-state index is 13.0. The Labute approximate surface area is 186 Å². The van der Waals surface area contributed by atoms with Crippen LogP contribution >= 0.6 is 0 Å². The number of imide groups is 2. The highest BCUT2D eigenvalue weighted by Crippen LogP contribution is 2.31. The Kier molecular flexibility index (Phi) is 5.90. The van der Waals surface area contributed by atoms with Crippen molar-refractivity contribution in [1.29, 1.82) is 0 Å². The molecule has 8 heteroatoms. The molecule has 2 heterocycles. The Morgan fingerprint density at radius 3 is 1.38 bits per heavy atom. The van der Waals surface area contributed by atoms with E-state index in [9.17, 15) is 24.4 Å². The van der Waals surface area contributed by atoms with Crippen molar-refractivity contribution in [2.24, 2.45) is 0 Å². The lowest BCUT2D eigenvalue weighted by Crippen LogP contribution is -2.49. The molecule has 0 aliphatic carbocycles. The molecule has 32 heavy (non-hydrogen) atoms. The smallest absolute Gasteiger partial charge is 0.254 e. The summed E-state index contributed by atoms with van der Waals surface area (Å²) < 4.78 is 0. The number of nitrogens with zero attached hydrogens (tertiary/aromatic N) is 3. The zero-order valence-electron chi connectivity index (χ0n) is 18.0. The van der Waals surface area contributed by atoms with E-state index in [2.05, 4.69) is 0 Å². The van der Waals surface area contributed by atoms with Crippen LogP contribution in [0, 0.1) is 0 Å². The van der Waals surface area contributed by atoms with E-state index in [0.717, 1.165) is 33.8 Å². The van der Waals surface area contributed by atoms with Crippen molar-refractivity contribution in [1.82, 2.24) is 5.06 Å². The normalized spacial score (nSPS) is 21.4. The van der Waals surface area contributed by atoms with Gasteiger partial charge in [0.05, 0.1) is 24.2 Å². The lowest BCUT2D eigenvalue weighted by atomic mass is 10.1. The first-order chi connectivity index (χ1) is 15.3. The van der Waals surface area contributed by atoms with Crippen molar-refractivity contribution >= 4 is 35.0 Å². The number of anilines is 2. The average Bonchev–Trinajstić information content (AvgIpc) is 3.27. The van der Waals surface area contributed by atoms with Crippen LogP contribution in [-0.4, -0.2) is 46.0 Å². The predicted molar refractivity (Wildman–Crippen MR) is 117 cm³/mol. The Balaban J connectivity index is 1.53. The fourth-order valence-corrected chi connectivity index (χ4v) is 4.17. The first-order valence-corrected chi connectivity index (χ1v) is 10.7. The van der Waals surface area contributed by atoms with Gasteiger partial charge in [-0.3, -0.25) is 19.2 Å². The van der Waals surface area contributed by atoms with Crippen LogP contribution in [0.3, 0.4) is 0 Å². The summed E-state index contributed by atoms with van der Waals surface area (Å²) in [6.45, 7) is 4.00. The van der Waals surface area contributed by atoms with Crippen LogP contribution in [-0.2, 0) is 32.0 Å². The minimum atomic E-state index is -1.22. The van der Waals surface area contributed by atoms with E-state index in [-0.39, 0.29) is 12.8 Å². The predicted octanol–water partition coefficient (Wildman–Crippen LogP) is 2.47. The molecule has 0 radical (unpaired) electrons. The molecule has 166 valence electrons. The second-order valence-electron chi connectivity index (χ2n) is 7.99. The molecular weight excluding hydrogens is 410 g/mol. The van der Waals surface area contributed by atoms with E-state index in [1.54, 1.807) is 24.3 Å². The van der Waals surface area contributed by atoms with E-state index in [1.165, 1.54) is 0 Å². The molecule has 0 aromatic heterocycles. The number of hydrogen-bond acceptors (Lipinski definition) is 6. The zero-order chi connectivity index (χ0) is 23.0. The van der Waals surface area contributed by atoms with Gasteiger partial charge < -0.3 is 5.21 Å². The van der Waals surface area contributed by atoms with E-state index >= 15 is 0 Å². The van der Waals surface area contributed by atoms with Crippen molar-refractivity contribution in [3.8, 4) is 0 Å². The second-order valence-corrected chi connectivity index (χ2v) is 7.99. The molecule has 0 saturated carbocycles. The third-order valence-electron chi connectivity index (χ3n) is 6.09. The van der Waals surface area contributed by atoms with Gasteiger partial charge in [-0.2, -0.15) is 5.06 Å². The Bertz CT molecular complexity index is 979. The van der Waals surface area contributed by atoms with Crippen molar-refractivity contribution in [3.05, 3.63) is 59.7 Å². The summed E-state index contributed by atoms with van der Waals surface area (Å²) in [6, 6.07) is 11.6. The summed E-state index contributed by atoms with van der Waals surface area (Å²) in [6.07, 6.45) is 1.11. The minimum absolute atomic E-state index is 0.270. The zero-order valence-corrected chi connectivity index (χ0v) is 18.0. The van der Waals surface area contributed by atoms with E-state index in [0.29, 0.717) is 16.4 Å². The van der Waals surface area contributed by atoms with Gasteiger partial charge in [-0.15, -0.1) is 0 Å². The van der Waals surface area contributed by atoms with Crippen LogP contribution in [0.2, 0.25) is 0 Å². The van der Waals surface area contributed by atoms with Crippen molar-refractivity contribution < 1.29 is 24.4 Å². The van der Waals surface area contributed by atoms with Crippen LogP contribution in [0.15, 0.2) is 48.5 Å². The molecule has 2 aliphatic rings. The summed E-state index contributed by atoms with van der Waals surface area (Å²) >= 11 is 0. The molecule has 0 spiro atoms. The van der Waals surface area contributed by atoms with Gasteiger partial charge >= 0.3 is 0 Å². The third kappa shape index (κ3) is 3.72. The van der Waals surface area contributed by atoms with Gasteiger partial charge in [0.2, 0.25) is 11.8 Å². The molecule has 4 rings (SSSR count). The summed E-state index contributed by atoms with van der Waals surface area (Å²) in [5.74, 6) is -2.17. The fourth-order valence-electron chi connectivity index (χ4n) is 4.17. The Morgan fingerprint density at radius 1 is 0.719 bits per heavy atom. The Hall–Kier alpha value is -3.36. The summed E-state index contributed by atoms with van der Waals surface area (Å²) in [4.78, 5) is 53.1. The van der Waals surface area contributed by atoms with Crippen LogP contribution in [0.5, 0.6) is 0 Å². The number of carbonyl (C=O) groups is 4. The summed E-state index contributed by atoms with van der Waals surface area (Å²) in [5.41, 5.74) is 2.96. The monoisotopic (exact) mass is 435 g/mol. The van der Waals surface area contributed by atoms with Gasteiger partial charge in [-0.05, 0) is 48.2 Å². The van der Waals surface area contributed by atoms with E-state index in [4.69, 9.17) is 0 Å². The molecule has 4 amide bonds. The average molecular weight is 435 g/mol. The van der Waals surface area contributed by atoms with E-state index in [1.807, 2.05) is 38.1 Å². The maximum atomic E-state index is 13.0. The SMILES string of the molecule is CCc1ccc(N2C(=O)C[C@H](N(O)[C@H]3CC(=O)N(c4ccc(CC)cc4)C3=O)C2=O)cc1. The first kappa shape index (κ1) is 21.9. The van der Waals surface area contributed by atoms with Crippen molar-refractivity contribution in [2.75, 3.05) is 9.80 Å². The minimum Gasteiger partial charge on any atom is -0.312 e. The Morgan fingerprint density at radius 2 is 1.06 bits per heavy atom. The molecule has 2 atom stereocenters. The number of carbonyl (C=O) groups excluding carboxylic acids is 4. The lowest BCUT2D eigenvalue weighted by molar-refractivity contribution is -0.172. The number of aryl methyl sites for hydroxylation is 2. The summed E-state index contributed by atoms with van der Waals surface area (Å²) in [5, 5.41) is 11.3. The third-order valence-corrected chi connectivity index (χ3v) is 6.09. The molecular formula is C24H25N3O5. The van der Waals surface area contributed by atoms with Gasteiger partial charge in [0.25, 0.3) is 11.8 Å². The van der Waals surface area contributed by atoms with Crippen LogP contribution in [0.4, 0.5) is 11.4 Å². The summed E-state index contributed by atoms with van der Waals surface area (Å²) in [7, 11) is 0. The topological polar surface area (TPSA) is 98.2 Å². The molecule has 2 aliphatic heterocycles. The van der Waals surface area contributed by atoms with Gasteiger partial charge in [-0.1, -0.05) is 38.1 Å². The number of rotatable bonds is 6. The molecule has 2 aromatic rings. The van der Waals surface area contributed by atoms with Crippen LogP contribution in [0.1, 0.15) is 37.8 Å². The molecule has 2 fully saturated rings. The molecule has 2 aromatic carbocycles. The first-order valence-electron chi connectivity index (χ1n) is 10.7. The van der Waals surface area contributed by atoms with E-state index < -0.39 is 35.7 Å². The largest absolute Gasteiger partial charge is 0.312 e. The van der Waals surface area contributed by atoms with Gasteiger partial charge in [-0.25, -0.2) is 9.80 Å². The lowest BCUT2D eigenvalue weighted by Gasteiger charge is -2.25. The quantitative estimate of drug-likeness (QED) is 0.553. The van der Waals surface area contributed by atoms with Crippen LogP contribution < -0.4 is 9.80 Å². The van der Waals surface area contributed by atoms with Gasteiger partial charge in [0, 0.05) is 0 Å². The van der Waals surface area contributed by atoms with Crippen molar-refractivity contribution in [3.63, 3.8) is 0 Å². The standard InChI is InChI=1S/C24H25N3O5/c1-3-15-5-9-17(10-6-15)25-21(28)13-19(23(25)30)27(32)20-14-22(29)26(24(20)31)18-11-7-16(4-2)8-12-18/h5-12,19-20,32H,3-4,13-14H2,1-2H3/t19-,20-/m0/s1. The van der Waals surface area contributed by atoms with Crippen molar-refractivity contribution in [2.45, 2.75) is 51.6 Å². The second kappa shape index (κ2) is 8.64. The molecule has 1 N–H and O–H groups in total.